The van der Waals surface area contributed by atoms with E-state index < -0.39 is 5.91 Å². The van der Waals surface area contributed by atoms with Crippen molar-refractivity contribution >= 4 is 19.8 Å². The van der Waals surface area contributed by atoms with Gasteiger partial charge in [0, 0.05) is 25.2 Å². The van der Waals surface area contributed by atoms with Crippen molar-refractivity contribution in [3.63, 3.8) is 0 Å². The van der Waals surface area contributed by atoms with Gasteiger partial charge in [0.15, 0.2) is 7.98 Å². The van der Waals surface area contributed by atoms with Crippen LogP contribution in [-0.4, -0.2) is 55.7 Å². The number of hydrogen-bond donors (Lipinski definition) is 1. The van der Waals surface area contributed by atoms with Gasteiger partial charge in [-0.2, -0.15) is 0 Å². The molecule has 1 aromatic carbocycles. The number of benzene rings is 1. The van der Waals surface area contributed by atoms with E-state index in [1.54, 1.807) is 10.9 Å². The highest BCUT2D eigenvalue weighted by Crippen LogP contribution is 2.28. The van der Waals surface area contributed by atoms with Gasteiger partial charge >= 0.3 is 0 Å². The van der Waals surface area contributed by atoms with E-state index in [4.69, 9.17) is 18.5 Å². The molecule has 1 saturated heterocycles. The molecule has 6 nitrogen and oxygen atoms in total. The lowest BCUT2D eigenvalue weighted by atomic mass is 10.0. The van der Waals surface area contributed by atoms with E-state index in [1.807, 2.05) is 12.1 Å². The minimum atomic E-state index is -0.509. The number of amides is 2. The van der Waals surface area contributed by atoms with E-state index >= 15 is 0 Å². The molecule has 0 aromatic heterocycles. The predicted octanol–water partition coefficient (Wildman–Crippen LogP) is -0.415. The first-order valence-electron chi connectivity index (χ1n) is 6.86. The van der Waals surface area contributed by atoms with Gasteiger partial charge in [-0.3, -0.25) is 9.59 Å². The van der Waals surface area contributed by atoms with Gasteiger partial charge in [0.05, 0.1) is 19.3 Å². The molecule has 21 heavy (non-hydrogen) atoms. The monoisotopic (exact) mass is 285 g/mol. The van der Waals surface area contributed by atoms with Gasteiger partial charge in [0.1, 0.15) is 0 Å². The Morgan fingerprint density at radius 1 is 1.48 bits per heavy atom. The number of primary amides is 1. The van der Waals surface area contributed by atoms with E-state index in [2.05, 4.69) is 0 Å². The second kappa shape index (κ2) is 5.50. The summed E-state index contributed by atoms with van der Waals surface area (Å²) in [4.78, 5) is 26.3. The highest BCUT2D eigenvalue weighted by atomic mass is 16.5. The van der Waals surface area contributed by atoms with Gasteiger partial charge in [0.2, 0.25) is 5.91 Å². The number of nitrogens with two attached hydrogens (primary N) is 1. The van der Waals surface area contributed by atoms with E-state index in [-0.39, 0.29) is 18.6 Å². The summed E-state index contributed by atoms with van der Waals surface area (Å²) in [6, 6.07) is 5.62. The Morgan fingerprint density at radius 3 is 3.00 bits per heavy atom. The van der Waals surface area contributed by atoms with E-state index in [1.165, 1.54) is 4.90 Å². The molecule has 2 radical (unpaired) electrons. The Bertz CT molecular complexity index is 593. The van der Waals surface area contributed by atoms with Crippen molar-refractivity contribution in [1.82, 2.24) is 9.71 Å². The normalized spacial score (nSPS) is 22.4. The molecule has 3 rings (SSSR count). The molecule has 2 aliphatic rings. The summed E-state index contributed by atoms with van der Waals surface area (Å²) in [5.74, 6) is -0.661. The summed E-state index contributed by atoms with van der Waals surface area (Å²) in [5, 5.41) is 0. The van der Waals surface area contributed by atoms with Crippen LogP contribution in [0.1, 0.15) is 27.6 Å². The average molecular weight is 285 g/mol. The Morgan fingerprint density at radius 2 is 2.29 bits per heavy atom. The number of carbonyl (C=O) groups is 2. The molecule has 2 N–H and O–H groups in total. The summed E-state index contributed by atoms with van der Waals surface area (Å²) < 4.78 is 5.72. The van der Waals surface area contributed by atoms with Gasteiger partial charge in [-0.15, -0.1) is 0 Å². The third-order valence-electron chi connectivity index (χ3n) is 3.82. The molecule has 0 saturated carbocycles. The Kier molecular flexibility index (Phi) is 3.69. The van der Waals surface area contributed by atoms with Crippen molar-refractivity contribution in [2.24, 2.45) is 5.73 Å². The van der Waals surface area contributed by atoms with Crippen LogP contribution in [0.5, 0.6) is 0 Å². The fourth-order valence-corrected chi connectivity index (χ4v) is 2.79. The minimum absolute atomic E-state index is 0.0562. The van der Waals surface area contributed by atoms with E-state index in [9.17, 15) is 9.59 Å². The second-order valence-electron chi connectivity index (χ2n) is 5.40. The molecule has 2 heterocycles. The molecule has 7 heteroatoms. The molecule has 1 aromatic rings. The molecular weight excluding hydrogens is 269 g/mol. The van der Waals surface area contributed by atoms with Gasteiger partial charge in [-0.05, 0) is 17.2 Å². The molecule has 2 aliphatic heterocycles. The van der Waals surface area contributed by atoms with Gasteiger partial charge in [0.25, 0.3) is 5.91 Å². The summed E-state index contributed by atoms with van der Waals surface area (Å²) >= 11 is 0. The van der Waals surface area contributed by atoms with Crippen LogP contribution in [0.15, 0.2) is 18.2 Å². The van der Waals surface area contributed by atoms with Gasteiger partial charge < -0.3 is 20.2 Å². The van der Waals surface area contributed by atoms with Crippen molar-refractivity contribution in [1.29, 1.82) is 0 Å². The zero-order chi connectivity index (χ0) is 15.0. The first-order valence-corrected chi connectivity index (χ1v) is 6.86. The van der Waals surface area contributed by atoms with Crippen LogP contribution in [0.25, 0.3) is 0 Å². The number of nitrogens with zero attached hydrogens (tertiary/aromatic N) is 2. The molecular formula is C14H16BN3O3. The average Bonchev–Trinajstić information content (AvgIpc) is 2.74. The highest BCUT2D eigenvalue weighted by molar-refractivity contribution is 6.04. The number of rotatable bonds is 3. The van der Waals surface area contributed by atoms with Crippen LogP contribution in [0, 0.1) is 0 Å². The fraction of sp³-hybridized carbons (Fsp3) is 0.429. The molecule has 0 spiro atoms. The van der Waals surface area contributed by atoms with Gasteiger partial charge in [-0.1, -0.05) is 12.1 Å². The highest BCUT2D eigenvalue weighted by Gasteiger charge is 2.29. The van der Waals surface area contributed by atoms with Crippen molar-refractivity contribution < 1.29 is 14.3 Å². The fourth-order valence-electron chi connectivity index (χ4n) is 2.79. The standard InChI is InChI=1S/C14H16BN3O3/c15-18-3-4-21-12(7-18)9-1-2-11-10(5-9)6-17(14(11)20)8-13(16)19/h1-2,5,12H,3-4,6-8H2,(H2,16,19)/t12-/m0/s1. The van der Waals surface area contributed by atoms with Crippen molar-refractivity contribution in [2.45, 2.75) is 12.6 Å². The summed E-state index contributed by atoms with van der Waals surface area (Å²) in [6.45, 7) is 2.28. The van der Waals surface area contributed by atoms with Crippen molar-refractivity contribution in [3.8, 4) is 0 Å². The maximum atomic E-state index is 12.1. The Labute approximate surface area is 124 Å². The third kappa shape index (κ3) is 2.79. The first-order chi connectivity index (χ1) is 10.0. The SMILES string of the molecule is [B]N1CCO[C@H](c2ccc3c(c2)CN(CC(N)=O)C3=O)C1. The topological polar surface area (TPSA) is 75.9 Å². The minimum Gasteiger partial charge on any atom is -0.371 e. The summed E-state index contributed by atoms with van der Waals surface area (Å²) in [7, 11) is 5.81. The van der Waals surface area contributed by atoms with Crippen LogP contribution in [0.2, 0.25) is 0 Å². The van der Waals surface area contributed by atoms with Crippen LogP contribution in [0.3, 0.4) is 0 Å². The van der Waals surface area contributed by atoms with Gasteiger partial charge in [-0.25, -0.2) is 0 Å². The quantitative estimate of drug-likeness (QED) is 0.766. The summed E-state index contributed by atoms with van der Waals surface area (Å²) in [5.41, 5.74) is 7.68. The van der Waals surface area contributed by atoms with E-state index in [0.29, 0.717) is 31.8 Å². The number of hydrogen-bond acceptors (Lipinski definition) is 4. The Hall–Kier alpha value is -1.86. The zero-order valence-corrected chi connectivity index (χ0v) is 11.6. The van der Waals surface area contributed by atoms with Crippen LogP contribution >= 0.6 is 0 Å². The van der Waals surface area contributed by atoms with Crippen LogP contribution < -0.4 is 5.73 Å². The smallest absolute Gasteiger partial charge is 0.254 e. The van der Waals surface area contributed by atoms with Crippen LogP contribution in [-0.2, 0) is 16.1 Å². The molecule has 108 valence electrons. The number of carbonyl (C=O) groups excluding carboxylic acids is 2. The Balaban J connectivity index is 1.81. The largest absolute Gasteiger partial charge is 0.371 e. The lowest BCUT2D eigenvalue weighted by Gasteiger charge is -2.31. The number of ether oxygens (including phenoxy) is 1. The second-order valence-corrected chi connectivity index (χ2v) is 5.40. The number of fused-ring (bicyclic) bond motifs is 1. The molecule has 1 atom stereocenters. The van der Waals surface area contributed by atoms with Crippen molar-refractivity contribution in [3.05, 3.63) is 34.9 Å². The zero-order valence-electron chi connectivity index (χ0n) is 11.6. The first kappa shape index (κ1) is 14.1. The molecule has 0 unspecified atom stereocenters. The maximum Gasteiger partial charge on any atom is 0.254 e. The van der Waals surface area contributed by atoms with Crippen LogP contribution in [0.4, 0.5) is 0 Å². The lowest BCUT2D eigenvalue weighted by Crippen LogP contribution is -2.36. The third-order valence-corrected chi connectivity index (χ3v) is 3.82. The predicted molar refractivity (Wildman–Crippen MR) is 76.4 cm³/mol. The maximum absolute atomic E-state index is 12.1. The van der Waals surface area contributed by atoms with E-state index in [0.717, 1.165) is 11.1 Å². The lowest BCUT2D eigenvalue weighted by molar-refractivity contribution is -0.118. The number of morpholine rings is 1. The molecule has 1 fully saturated rings. The molecule has 0 bridgehead atoms. The summed E-state index contributed by atoms with van der Waals surface area (Å²) in [6.07, 6.45) is -0.0886. The van der Waals surface area contributed by atoms with Crippen molar-refractivity contribution in [2.75, 3.05) is 26.2 Å². The molecule has 0 aliphatic carbocycles. The molecule has 2 amide bonds.